The minimum absolute atomic E-state index is 0.0629. The third-order valence-corrected chi connectivity index (χ3v) is 5.19. The van der Waals surface area contributed by atoms with Gasteiger partial charge in [-0.05, 0) is 31.5 Å². The summed E-state index contributed by atoms with van der Waals surface area (Å²) in [4.78, 5) is 26.4. The Labute approximate surface area is 137 Å². The normalized spacial score (nSPS) is 21.5. The Morgan fingerprint density at radius 2 is 2.00 bits per heavy atom. The van der Waals surface area contributed by atoms with Crippen molar-refractivity contribution in [2.75, 3.05) is 11.4 Å². The van der Waals surface area contributed by atoms with E-state index in [9.17, 15) is 9.59 Å². The zero-order chi connectivity index (χ0) is 16.4. The predicted molar refractivity (Wildman–Crippen MR) is 91.7 cm³/mol. The third-order valence-electron chi connectivity index (χ3n) is 5.19. The summed E-state index contributed by atoms with van der Waals surface area (Å²) in [5, 5.41) is 0.951. The highest BCUT2D eigenvalue weighted by atomic mass is 16.4. The van der Waals surface area contributed by atoms with E-state index in [1.54, 1.807) is 12.1 Å². The minimum Gasteiger partial charge on any atom is -0.423 e. The molecule has 5 nitrogen and oxygen atoms in total. The molecule has 1 aromatic carbocycles. The average Bonchev–Trinajstić information content (AvgIpc) is 3.14. The number of nitrogens with zero attached hydrogens (tertiary/aromatic N) is 2. The van der Waals surface area contributed by atoms with Crippen molar-refractivity contribution in [1.82, 2.24) is 4.57 Å². The van der Waals surface area contributed by atoms with Crippen molar-refractivity contribution in [3.63, 3.8) is 0 Å². The molecule has 2 atom stereocenters. The number of hydrogen-bond donors (Lipinski definition) is 0. The fourth-order valence-electron chi connectivity index (χ4n) is 4.22. The van der Waals surface area contributed by atoms with Crippen LogP contribution >= 0.6 is 0 Å². The van der Waals surface area contributed by atoms with Crippen LogP contribution in [0.5, 0.6) is 0 Å². The maximum Gasteiger partial charge on any atom is 0.338 e. The Balaban J connectivity index is 1.72. The number of benzene rings is 1. The van der Waals surface area contributed by atoms with Crippen LogP contribution in [0.1, 0.15) is 29.8 Å². The zero-order valence-electron chi connectivity index (χ0n) is 13.2. The van der Waals surface area contributed by atoms with Crippen LogP contribution in [0.3, 0.4) is 0 Å². The quantitative estimate of drug-likeness (QED) is 0.647. The van der Waals surface area contributed by atoms with Gasteiger partial charge in [0.05, 0.1) is 17.8 Å². The Hall–Kier alpha value is -2.82. The largest absolute Gasteiger partial charge is 0.423 e. The lowest BCUT2D eigenvalue weighted by Gasteiger charge is -2.31. The van der Waals surface area contributed by atoms with Crippen molar-refractivity contribution in [1.29, 1.82) is 0 Å². The van der Waals surface area contributed by atoms with Gasteiger partial charge in [0.25, 0.3) is 5.56 Å². The zero-order valence-corrected chi connectivity index (χ0v) is 13.2. The first-order valence-corrected chi connectivity index (χ1v) is 8.14. The van der Waals surface area contributed by atoms with Gasteiger partial charge in [0.1, 0.15) is 5.58 Å². The van der Waals surface area contributed by atoms with Crippen molar-refractivity contribution >= 4 is 16.7 Å². The van der Waals surface area contributed by atoms with Crippen molar-refractivity contribution in [2.45, 2.75) is 25.4 Å². The molecular formula is C19H16N2O3. The fraction of sp³-hybridized carbons (Fsp3) is 0.263. The first kappa shape index (κ1) is 13.6. The average molecular weight is 320 g/mol. The second-order valence-electron chi connectivity index (χ2n) is 6.67. The highest BCUT2D eigenvalue weighted by Crippen LogP contribution is 2.47. The first-order valence-electron chi connectivity index (χ1n) is 8.14. The molecule has 3 aromatic rings. The fourth-order valence-corrected chi connectivity index (χ4v) is 4.22. The number of anilines is 1. The van der Waals surface area contributed by atoms with Gasteiger partial charge in [0, 0.05) is 29.8 Å². The molecule has 1 saturated heterocycles. The van der Waals surface area contributed by atoms with E-state index in [2.05, 4.69) is 11.0 Å². The molecule has 0 radical (unpaired) electrons. The number of aromatic nitrogens is 1. The van der Waals surface area contributed by atoms with Gasteiger partial charge in [-0.3, -0.25) is 4.79 Å². The van der Waals surface area contributed by atoms with Crippen LogP contribution in [0.25, 0.3) is 11.0 Å². The summed E-state index contributed by atoms with van der Waals surface area (Å²) >= 11 is 0. The van der Waals surface area contributed by atoms with E-state index >= 15 is 0 Å². The Morgan fingerprint density at radius 1 is 1.12 bits per heavy atom. The number of aryl methyl sites for hydroxylation is 1. The van der Waals surface area contributed by atoms with Gasteiger partial charge in [-0.2, -0.15) is 0 Å². The van der Waals surface area contributed by atoms with Crippen LogP contribution in [0.15, 0.2) is 56.5 Å². The summed E-state index contributed by atoms with van der Waals surface area (Å²) in [6.45, 7) is 2.77. The van der Waals surface area contributed by atoms with Crippen molar-refractivity contribution in [3.8, 4) is 0 Å². The standard InChI is InChI=1S/C19H16N2O3/c1-11-5-6-17-13(7-11)15(9-19(23)24-17)20-10-12-8-16(20)14-3-2-4-18(22)21(12)14/h2-7,9,12,16H,8,10H2,1H3/t12-,16-/m1/s1. The molecule has 2 aliphatic rings. The van der Waals surface area contributed by atoms with Gasteiger partial charge in [0.2, 0.25) is 0 Å². The molecule has 2 aliphatic heterocycles. The van der Waals surface area contributed by atoms with Gasteiger partial charge >= 0.3 is 5.63 Å². The number of rotatable bonds is 1. The molecular weight excluding hydrogens is 304 g/mol. The summed E-state index contributed by atoms with van der Waals surface area (Å²) in [7, 11) is 0. The molecule has 1 fully saturated rings. The topological polar surface area (TPSA) is 55.5 Å². The van der Waals surface area contributed by atoms with Crippen molar-refractivity contribution in [3.05, 3.63) is 74.5 Å². The lowest BCUT2D eigenvalue weighted by molar-refractivity contribution is 0.543. The van der Waals surface area contributed by atoms with Crippen LogP contribution < -0.4 is 16.1 Å². The molecule has 120 valence electrons. The molecule has 0 saturated carbocycles. The molecule has 0 spiro atoms. The molecule has 0 aliphatic carbocycles. The van der Waals surface area contributed by atoms with Gasteiger partial charge < -0.3 is 13.9 Å². The summed E-state index contributed by atoms with van der Waals surface area (Å²) in [5.41, 5.74) is 3.39. The van der Waals surface area contributed by atoms with Crippen LogP contribution in [-0.2, 0) is 0 Å². The molecule has 4 heterocycles. The predicted octanol–water partition coefficient (Wildman–Crippen LogP) is 2.77. The van der Waals surface area contributed by atoms with Crippen molar-refractivity contribution < 1.29 is 4.42 Å². The summed E-state index contributed by atoms with van der Waals surface area (Å²) in [6.07, 6.45) is 0.910. The lowest BCUT2D eigenvalue weighted by atomic mass is 10.1. The van der Waals surface area contributed by atoms with E-state index in [0.29, 0.717) is 5.58 Å². The second kappa shape index (κ2) is 4.60. The molecule has 2 bridgehead atoms. The summed E-state index contributed by atoms with van der Waals surface area (Å²) < 4.78 is 7.25. The molecule has 5 rings (SSSR count). The maximum atomic E-state index is 12.1. The van der Waals surface area contributed by atoms with Gasteiger partial charge in [-0.1, -0.05) is 17.7 Å². The molecule has 5 heteroatoms. The van der Waals surface area contributed by atoms with E-state index in [1.807, 2.05) is 35.8 Å². The van der Waals surface area contributed by atoms with Crippen LogP contribution in [0.2, 0.25) is 0 Å². The van der Waals surface area contributed by atoms with E-state index in [1.165, 1.54) is 0 Å². The van der Waals surface area contributed by atoms with Crippen LogP contribution in [0.4, 0.5) is 5.69 Å². The minimum atomic E-state index is -0.338. The summed E-state index contributed by atoms with van der Waals surface area (Å²) in [5.74, 6) is 0. The Kier molecular flexibility index (Phi) is 2.61. The SMILES string of the molecule is Cc1ccc2oc(=O)cc(N3C[C@H]4C[C@@H]3c3cccc(=O)n34)c2c1. The third kappa shape index (κ3) is 1.75. The molecule has 2 aromatic heterocycles. The first-order chi connectivity index (χ1) is 11.6. The smallest absolute Gasteiger partial charge is 0.338 e. The van der Waals surface area contributed by atoms with Crippen molar-refractivity contribution in [2.24, 2.45) is 0 Å². The highest BCUT2D eigenvalue weighted by Gasteiger charge is 2.43. The van der Waals surface area contributed by atoms with E-state index in [0.717, 1.165) is 35.3 Å². The molecule has 0 N–H and O–H groups in total. The maximum absolute atomic E-state index is 12.1. The van der Waals surface area contributed by atoms with E-state index in [-0.39, 0.29) is 23.3 Å². The summed E-state index contributed by atoms with van der Waals surface area (Å²) in [6, 6.07) is 13.2. The number of hydrogen-bond acceptors (Lipinski definition) is 4. The lowest BCUT2D eigenvalue weighted by Crippen LogP contribution is -2.35. The molecule has 0 unspecified atom stereocenters. The van der Waals surface area contributed by atoms with Gasteiger partial charge in [-0.25, -0.2) is 4.79 Å². The number of fused-ring (bicyclic) bond motifs is 6. The number of pyridine rings is 1. The molecule has 24 heavy (non-hydrogen) atoms. The van der Waals surface area contributed by atoms with E-state index in [4.69, 9.17) is 4.42 Å². The molecule has 0 amide bonds. The van der Waals surface area contributed by atoms with Gasteiger partial charge in [-0.15, -0.1) is 0 Å². The van der Waals surface area contributed by atoms with Crippen LogP contribution in [-0.4, -0.2) is 11.1 Å². The monoisotopic (exact) mass is 320 g/mol. The van der Waals surface area contributed by atoms with Gasteiger partial charge in [0.15, 0.2) is 0 Å². The van der Waals surface area contributed by atoms with E-state index < -0.39 is 0 Å². The Morgan fingerprint density at radius 3 is 2.88 bits per heavy atom. The Bertz CT molecular complexity index is 1100. The van der Waals surface area contributed by atoms with Crippen LogP contribution in [0, 0.1) is 6.92 Å². The second-order valence-corrected chi connectivity index (χ2v) is 6.67. The highest BCUT2D eigenvalue weighted by molar-refractivity contribution is 5.91.